The van der Waals surface area contributed by atoms with Gasteiger partial charge in [0.15, 0.2) is 0 Å². The Hall–Kier alpha value is -1.24. The molecule has 0 radical (unpaired) electrons. The first-order valence-electron chi connectivity index (χ1n) is 9.57. The number of aliphatic imine (C=N–C) groups is 1. The lowest BCUT2D eigenvalue weighted by molar-refractivity contribution is 0.161. The Morgan fingerprint density at radius 2 is 2.19 bits per heavy atom. The molecular formula is C20H26BrClN4O. The summed E-state index contributed by atoms with van der Waals surface area (Å²) < 4.78 is 0.912. The minimum absolute atomic E-state index is 0.224. The summed E-state index contributed by atoms with van der Waals surface area (Å²) in [4.78, 5) is 16.2. The largest absolute Gasteiger partial charge is 0.393 e. The first kappa shape index (κ1) is 20.5. The normalized spacial score (nSPS) is 24.6. The predicted molar refractivity (Wildman–Crippen MR) is 117 cm³/mol. The molecule has 2 heterocycles. The highest BCUT2D eigenvalue weighted by Crippen LogP contribution is 2.39. The van der Waals surface area contributed by atoms with Crippen LogP contribution in [0.1, 0.15) is 57.7 Å². The number of rotatable bonds is 3. The van der Waals surface area contributed by atoms with Crippen LogP contribution in [-0.4, -0.2) is 46.0 Å². The fourth-order valence-electron chi connectivity index (χ4n) is 3.48. The van der Waals surface area contributed by atoms with Gasteiger partial charge in [0.2, 0.25) is 5.28 Å². The Kier molecular flexibility index (Phi) is 6.71. The van der Waals surface area contributed by atoms with Crippen LogP contribution < -0.4 is 4.90 Å². The molecule has 5 nitrogen and oxygen atoms in total. The van der Waals surface area contributed by atoms with Crippen molar-refractivity contribution in [3.8, 4) is 0 Å². The zero-order valence-corrected chi connectivity index (χ0v) is 18.4. The molecule has 1 aromatic heterocycles. The molecule has 2 unspecified atom stereocenters. The molecule has 146 valence electrons. The van der Waals surface area contributed by atoms with Gasteiger partial charge in [-0.3, -0.25) is 4.99 Å². The van der Waals surface area contributed by atoms with Crippen LogP contribution in [0.25, 0.3) is 11.6 Å². The Labute approximate surface area is 174 Å². The number of aliphatic hydroxyl groups is 1. The maximum Gasteiger partial charge on any atom is 0.224 e. The minimum Gasteiger partial charge on any atom is -0.393 e. The number of aromatic nitrogens is 2. The summed E-state index contributed by atoms with van der Waals surface area (Å²) in [6.45, 7) is 7.86. The molecule has 1 aliphatic carbocycles. The molecule has 1 saturated heterocycles. The van der Waals surface area contributed by atoms with E-state index in [1.165, 1.54) is 0 Å². The van der Waals surface area contributed by atoms with E-state index in [1.807, 2.05) is 13.0 Å². The highest BCUT2D eigenvalue weighted by molar-refractivity contribution is 9.12. The summed E-state index contributed by atoms with van der Waals surface area (Å²) in [5.41, 5.74) is 3.74. The molecule has 0 bridgehead atoms. The van der Waals surface area contributed by atoms with Crippen LogP contribution in [0, 0.1) is 0 Å². The van der Waals surface area contributed by atoms with Crippen molar-refractivity contribution in [1.82, 2.24) is 9.97 Å². The molecule has 3 rings (SSSR count). The molecule has 1 N–H and O–H groups in total. The lowest BCUT2D eigenvalue weighted by atomic mass is 9.93. The number of allylic oxidation sites excluding steroid dienone is 3. The summed E-state index contributed by atoms with van der Waals surface area (Å²) in [7, 11) is 0. The summed E-state index contributed by atoms with van der Waals surface area (Å²) >= 11 is 9.93. The van der Waals surface area contributed by atoms with E-state index in [-0.39, 0.29) is 17.4 Å². The Bertz CT molecular complexity index is 805. The number of aliphatic hydroxyl groups excluding tert-OH is 1. The van der Waals surface area contributed by atoms with Crippen molar-refractivity contribution in [2.24, 2.45) is 4.99 Å². The number of hydrogen-bond donors (Lipinski definition) is 1. The minimum atomic E-state index is -0.249. The van der Waals surface area contributed by atoms with E-state index in [0.29, 0.717) is 0 Å². The van der Waals surface area contributed by atoms with Crippen molar-refractivity contribution in [2.75, 3.05) is 18.0 Å². The third-order valence-electron chi connectivity index (χ3n) is 5.13. The van der Waals surface area contributed by atoms with Gasteiger partial charge in [0.25, 0.3) is 0 Å². The monoisotopic (exact) mass is 452 g/mol. The first-order chi connectivity index (χ1) is 12.9. The summed E-state index contributed by atoms with van der Waals surface area (Å²) in [6, 6.07) is 0.224. The van der Waals surface area contributed by atoms with Crippen molar-refractivity contribution < 1.29 is 5.11 Å². The molecule has 1 aliphatic heterocycles. The molecule has 0 amide bonds. The van der Waals surface area contributed by atoms with Crippen molar-refractivity contribution in [3.63, 3.8) is 0 Å². The lowest BCUT2D eigenvalue weighted by Crippen LogP contribution is -2.28. The van der Waals surface area contributed by atoms with Gasteiger partial charge >= 0.3 is 0 Å². The van der Waals surface area contributed by atoms with E-state index in [2.05, 4.69) is 50.7 Å². The van der Waals surface area contributed by atoms with Gasteiger partial charge in [0.05, 0.1) is 23.1 Å². The SMILES string of the molecule is C/C=C1\C(=NC(C)CC)C(Br)=Cc2nc(Cl)nc(N3CCCC(O)CC3)c21. The molecule has 0 saturated carbocycles. The number of halogens is 2. The quantitative estimate of drug-likeness (QED) is 0.663. The first-order valence-corrected chi connectivity index (χ1v) is 10.7. The molecule has 2 atom stereocenters. The van der Waals surface area contributed by atoms with Crippen LogP contribution in [0.2, 0.25) is 5.28 Å². The standard InChI is InChI=1S/C20H26BrClN4O/c1-4-12(3)23-18-14(5-2)17-16(11-15(18)21)24-20(22)25-19(17)26-9-6-7-13(27)8-10-26/h5,11-13,27H,4,6-10H2,1-3H3/b14-5-,23-18?. The summed E-state index contributed by atoms with van der Waals surface area (Å²) in [5, 5.41) is 10.3. The third kappa shape index (κ3) is 4.44. The lowest BCUT2D eigenvalue weighted by Gasteiger charge is -2.28. The smallest absolute Gasteiger partial charge is 0.224 e. The van der Waals surface area contributed by atoms with Gasteiger partial charge in [0, 0.05) is 29.2 Å². The topological polar surface area (TPSA) is 61.6 Å². The average molecular weight is 454 g/mol. The van der Waals surface area contributed by atoms with E-state index in [9.17, 15) is 5.11 Å². The van der Waals surface area contributed by atoms with Crippen LogP contribution in [0.3, 0.4) is 0 Å². The van der Waals surface area contributed by atoms with E-state index in [1.54, 1.807) is 0 Å². The van der Waals surface area contributed by atoms with Gasteiger partial charge < -0.3 is 10.0 Å². The van der Waals surface area contributed by atoms with Crippen LogP contribution in [-0.2, 0) is 0 Å². The van der Waals surface area contributed by atoms with Gasteiger partial charge in [-0.25, -0.2) is 4.98 Å². The van der Waals surface area contributed by atoms with Gasteiger partial charge in [-0.2, -0.15) is 4.98 Å². The third-order valence-corrected chi connectivity index (χ3v) is 5.90. The average Bonchev–Trinajstić information content (AvgIpc) is 2.86. The van der Waals surface area contributed by atoms with Gasteiger partial charge in [-0.15, -0.1) is 0 Å². The van der Waals surface area contributed by atoms with Crippen molar-refractivity contribution in [2.45, 2.75) is 58.6 Å². The number of fused-ring (bicyclic) bond motifs is 1. The molecule has 27 heavy (non-hydrogen) atoms. The van der Waals surface area contributed by atoms with E-state index >= 15 is 0 Å². The van der Waals surface area contributed by atoms with Crippen LogP contribution in [0.15, 0.2) is 15.6 Å². The highest BCUT2D eigenvalue weighted by Gasteiger charge is 2.29. The Morgan fingerprint density at radius 1 is 1.41 bits per heavy atom. The number of nitrogens with zero attached hydrogens (tertiary/aromatic N) is 4. The van der Waals surface area contributed by atoms with Crippen molar-refractivity contribution in [3.05, 3.63) is 27.1 Å². The summed E-state index contributed by atoms with van der Waals surface area (Å²) in [6.07, 6.45) is 7.25. The highest BCUT2D eigenvalue weighted by atomic mass is 79.9. The fourth-order valence-corrected chi connectivity index (χ4v) is 4.18. The molecule has 0 aromatic carbocycles. The fraction of sp³-hybridized carbons (Fsp3) is 0.550. The zero-order chi connectivity index (χ0) is 19.6. The molecular weight excluding hydrogens is 428 g/mol. The second kappa shape index (κ2) is 8.84. The molecule has 1 fully saturated rings. The maximum absolute atomic E-state index is 10.0. The molecule has 7 heteroatoms. The molecule has 0 spiro atoms. The Balaban J connectivity index is 2.14. The molecule has 2 aliphatic rings. The Morgan fingerprint density at radius 3 is 2.89 bits per heavy atom. The predicted octanol–water partition coefficient (Wildman–Crippen LogP) is 4.87. The van der Waals surface area contributed by atoms with Crippen LogP contribution in [0.5, 0.6) is 0 Å². The second-order valence-electron chi connectivity index (χ2n) is 7.08. The van der Waals surface area contributed by atoms with E-state index in [4.69, 9.17) is 16.6 Å². The van der Waals surface area contributed by atoms with Crippen LogP contribution >= 0.6 is 27.5 Å². The van der Waals surface area contributed by atoms with Crippen molar-refractivity contribution in [1.29, 1.82) is 0 Å². The maximum atomic E-state index is 10.0. The number of anilines is 1. The van der Waals surface area contributed by atoms with Gasteiger partial charge in [0.1, 0.15) is 5.82 Å². The molecule has 1 aromatic rings. The zero-order valence-electron chi connectivity index (χ0n) is 16.0. The van der Waals surface area contributed by atoms with E-state index in [0.717, 1.165) is 71.6 Å². The van der Waals surface area contributed by atoms with Crippen molar-refractivity contribution >= 4 is 50.7 Å². The van der Waals surface area contributed by atoms with Gasteiger partial charge in [-0.05, 0) is 73.1 Å². The number of hydrogen-bond acceptors (Lipinski definition) is 5. The van der Waals surface area contributed by atoms with E-state index < -0.39 is 0 Å². The van der Waals surface area contributed by atoms with Crippen LogP contribution in [0.4, 0.5) is 5.82 Å². The summed E-state index contributed by atoms with van der Waals surface area (Å²) in [5.74, 6) is 0.834. The van der Waals surface area contributed by atoms with Gasteiger partial charge in [-0.1, -0.05) is 13.0 Å². The second-order valence-corrected chi connectivity index (χ2v) is 8.27.